The Labute approximate surface area is 204 Å². The number of aliphatic hydroxyl groups excluding tert-OH is 1. The molecule has 0 saturated heterocycles. The maximum absolute atomic E-state index is 11.8. The summed E-state index contributed by atoms with van der Waals surface area (Å²) in [6.45, 7) is 17.8. The first-order valence-electron chi connectivity index (χ1n) is 14.2. The van der Waals surface area contributed by atoms with Crippen molar-refractivity contribution in [2.24, 2.45) is 45.3 Å². The molecule has 4 fully saturated rings. The molecule has 0 aliphatic heterocycles. The Morgan fingerprint density at radius 2 is 1.61 bits per heavy atom. The number of rotatable bonds is 4. The number of aliphatic hydroxyl groups is 3. The fraction of sp³-hybridized carbons (Fsp3) is 0.933. The van der Waals surface area contributed by atoms with Crippen LogP contribution in [0.15, 0.2) is 11.6 Å². The largest absolute Gasteiger partial charge is 0.393 e. The second-order valence-electron chi connectivity index (χ2n) is 14.3. The third-order valence-electron chi connectivity index (χ3n) is 12.2. The summed E-state index contributed by atoms with van der Waals surface area (Å²) in [5, 5.41) is 34.4. The zero-order valence-electron chi connectivity index (χ0n) is 23.7. The lowest BCUT2D eigenvalue weighted by molar-refractivity contribution is -0.246. The minimum Gasteiger partial charge on any atom is -0.393 e. The average molecular weight is 463 g/mol. The summed E-state index contributed by atoms with van der Waals surface area (Å²) in [4.78, 5) is 0. The highest BCUT2D eigenvalue weighted by atomic mass is 16.3. The first-order valence-corrected chi connectivity index (χ1v) is 13.7. The van der Waals surface area contributed by atoms with Crippen LogP contribution >= 0.6 is 0 Å². The van der Waals surface area contributed by atoms with Gasteiger partial charge in [-0.3, -0.25) is 0 Å². The molecule has 4 rings (SSSR count). The van der Waals surface area contributed by atoms with Crippen molar-refractivity contribution in [3.8, 4) is 0 Å². The molecule has 0 aromatic rings. The van der Waals surface area contributed by atoms with Crippen molar-refractivity contribution in [1.29, 1.82) is 0 Å². The SMILES string of the molecule is [3H][C@]1(O)CC[C@]2(C)[C@H]3C[C@@H](O)[C@@H]4[C@@H]([C@@](C)(O)CCC=C(C)C)CC[C@@]4(C)[C@]3(C)CC[C@H]2C1(C)C. The van der Waals surface area contributed by atoms with E-state index < -0.39 is 23.2 Å². The fourth-order valence-corrected chi connectivity index (χ4v) is 10.1. The standard InChI is InChI=1S/C30H52O3/c1-19(2)10-9-14-30(8,33)20-11-16-29(7)25(20)21(31)18-23-27(5)15-13-24(32)26(3,4)22(27)12-17-28(23,29)6/h10,20-25,31-33H,9,11-18H2,1-8H3/t20-,21+,22-,23+,24-,25-,27-,28+,29+,30-/m0/s1/i24T. The van der Waals surface area contributed by atoms with E-state index in [1.165, 1.54) is 5.57 Å². The maximum Gasteiger partial charge on any atom is 0.0654 e. The topological polar surface area (TPSA) is 60.7 Å². The van der Waals surface area contributed by atoms with Crippen molar-refractivity contribution in [3.05, 3.63) is 11.6 Å². The molecule has 190 valence electrons. The first-order chi connectivity index (χ1) is 15.4. The number of fused-ring (bicyclic) bond motifs is 5. The fourth-order valence-electron chi connectivity index (χ4n) is 10.1. The highest BCUT2D eigenvalue weighted by molar-refractivity contribution is 5.20. The Kier molecular flexibility index (Phi) is 5.95. The van der Waals surface area contributed by atoms with Crippen molar-refractivity contribution in [1.82, 2.24) is 0 Å². The van der Waals surface area contributed by atoms with Crippen LogP contribution < -0.4 is 0 Å². The van der Waals surface area contributed by atoms with Gasteiger partial charge in [-0.05, 0) is 124 Å². The van der Waals surface area contributed by atoms with Crippen molar-refractivity contribution >= 4 is 0 Å². The predicted octanol–water partition coefficient (Wildman–Crippen LogP) is 6.50. The Morgan fingerprint density at radius 1 is 0.970 bits per heavy atom. The lowest BCUT2D eigenvalue weighted by atomic mass is 9.35. The van der Waals surface area contributed by atoms with Crippen molar-refractivity contribution in [2.75, 3.05) is 0 Å². The molecule has 0 unspecified atom stereocenters. The molecule has 3 N–H and O–H groups in total. The average Bonchev–Trinajstić information content (AvgIpc) is 3.08. The van der Waals surface area contributed by atoms with Gasteiger partial charge < -0.3 is 15.3 Å². The van der Waals surface area contributed by atoms with E-state index in [-0.39, 0.29) is 34.0 Å². The molecule has 0 radical (unpaired) electrons. The lowest BCUT2D eigenvalue weighted by Crippen LogP contribution is -2.66. The van der Waals surface area contributed by atoms with Gasteiger partial charge in [0.15, 0.2) is 0 Å². The molecule has 4 aliphatic carbocycles. The molecule has 0 amide bonds. The summed E-state index contributed by atoms with van der Waals surface area (Å²) in [5.74, 6) is 0.911. The van der Waals surface area contributed by atoms with Gasteiger partial charge in [-0.25, -0.2) is 0 Å². The monoisotopic (exact) mass is 462 g/mol. The third-order valence-corrected chi connectivity index (χ3v) is 12.2. The van der Waals surface area contributed by atoms with Crippen molar-refractivity contribution in [3.63, 3.8) is 0 Å². The number of allylic oxidation sites excluding steroid dienone is 2. The molecule has 0 aromatic carbocycles. The minimum atomic E-state index is -1.38. The van der Waals surface area contributed by atoms with E-state index in [4.69, 9.17) is 1.37 Å². The zero-order valence-corrected chi connectivity index (χ0v) is 22.7. The molecule has 4 saturated carbocycles. The minimum absolute atomic E-state index is 0.00661. The van der Waals surface area contributed by atoms with Gasteiger partial charge in [0.2, 0.25) is 0 Å². The van der Waals surface area contributed by atoms with E-state index in [0.717, 1.165) is 51.4 Å². The highest BCUT2D eigenvalue weighted by Gasteiger charge is 2.71. The van der Waals surface area contributed by atoms with Gasteiger partial charge in [0.05, 0.1) is 19.2 Å². The number of hydrogen-bond donors (Lipinski definition) is 3. The summed E-state index contributed by atoms with van der Waals surface area (Å²) in [6.07, 6.45) is 8.41. The molecule has 0 aromatic heterocycles. The van der Waals surface area contributed by atoms with Gasteiger partial charge in [-0.15, -0.1) is 0 Å². The van der Waals surface area contributed by atoms with Crippen LogP contribution in [0.5, 0.6) is 0 Å². The van der Waals surface area contributed by atoms with Crippen LogP contribution in [0.4, 0.5) is 0 Å². The van der Waals surface area contributed by atoms with Crippen LogP contribution in [0.2, 0.25) is 0 Å². The molecule has 0 spiro atoms. The van der Waals surface area contributed by atoms with Gasteiger partial charge in [0, 0.05) is 0 Å². The Bertz CT molecular complexity index is 827. The summed E-state index contributed by atoms with van der Waals surface area (Å²) < 4.78 is 8.67. The second-order valence-corrected chi connectivity index (χ2v) is 14.3. The molecule has 33 heavy (non-hydrogen) atoms. The van der Waals surface area contributed by atoms with E-state index in [1.54, 1.807) is 0 Å². The smallest absolute Gasteiger partial charge is 0.0654 e. The molecule has 3 nitrogen and oxygen atoms in total. The van der Waals surface area contributed by atoms with Crippen LogP contribution in [0.25, 0.3) is 0 Å². The van der Waals surface area contributed by atoms with Crippen LogP contribution in [-0.2, 0) is 0 Å². The Hall–Kier alpha value is -0.380. The van der Waals surface area contributed by atoms with Gasteiger partial charge in [-0.1, -0.05) is 46.3 Å². The van der Waals surface area contributed by atoms with Crippen LogP contribution in [0.3, 0.4) is 0 Å². The summed E-state index contributed by atoms with van der Waals surface area (Å²) in [5.41, 5.74) is 0.168. The van der Waals surface area contributed by atoms with Gasteiger partial charge in [0.25, 0.3) is 0 Å². The normalized spacial score (nSPS) is 53.2. The van der Waals surface area contributed by atoms with Gasteiger partial charge in [0.1, 0.15) is 0 Å². The van der Waals surface area contributed by atoms with Crippen LogP contribution in [0.1, 0.15) is 115 Å². The molecule has 0 heterocycles. The second kappa shape index (κ2) is 8.07. The lowest BCUT2D eigenvalue weighted by Gasteiger charge is -2.70. The van der Waals surface area contributed by atoms with Crippen molar-refractivity contribution < 1.29 is 16.7 Å². The van der Waals surface area contributed by atoms with Crippen LogP contribution in [-0.4, -0.2) is 33.1 Å². The summed E-state index contributed by atoms with van der Waals surface area (Å²) in [6, 6.07) is 0. The summed E-state index contributed by atoms with van der Waals surface area (Å²) in [7, 11) is 0. The summed E-state index contributed by atoms with van der Waals surface area (Å²) >= 11 is 0. The molecular formula is C30H52O3. The predicted molar refractivity (Wildman–Crippen MR) is 136 cm³/mol. The van der Waals surface area contributed by atoms with E-state index in [0.29, 0.717) is 12.3 Å². The quantitative estimate of drug-likeness (QED) is 0.418. The number of hydrogen-bond acceptors (Lipinski definition) is 3. The van der Waals surface area contributed by atoms with E-state index >= 15 is 0 Å². The van der Waals surface area contributed by atoms with Gasteiger partial charge in [-0.2, -0.15) is 0 Å². The van der Waals surface area contributed by atoms with E-state index in [2.05, 4.69) is 54.5 Å². The molecule has 4 aliphatic rings. The first kappa shape index (κ1) is 24.3. The van der Waals surface area contributed by atoms with E-state index in [9.17, 15) is 15.3 Å². The Balaban J connectivity index is 1.67. The molecule has 3 heteroatoms. The van der Waals surface area contributed by atoms with E-state index in [1.807, 2.05) is 6.92 Å². The molecule has 0 bridgehead atoms. The Morgan fingerprint density at radius 3 is 2.24 bits per heavy atom. The molecular weight excluding hydrogens is 408 g/mol. The molecule has 10 atom stereocenters. The zero-order chi connectivity index (χ0) is 25.5. The van der Waals surface area contributed by atoms with Gasteiger partial charge >= 0.3 is 0 Å². The highest BCUT2D eigenvalue weighted by Crippen LogP contribution is 2.75. The van der Waals surface area contributed by atoms with Crippen molar-refractivity contribution in [2.45, 2.75) is 131 Å². The van der Waals surface area contributed by atoms with Crippen LogP contribution in [0, 0.1) is 45.3 Å². The maximum atomic E-state index is 11.8. The third kappa shape index (κ3) is 3.61.